The SMILES string of the molecule is CCn1c2cc(-c3cccs3)ccc2c2ccc(-c3ccc(-c4ccc5c6ccc(-c7cccs7)cc6n(CC)c5c4)s3)cc21. The van der Waals surface area contributed by atoms with Crippen LogP contribution in [0.4, 0.5) is 0 Å². The van der Waals surface area contributed by atoms with Gasteiger partial charge in [-0.25, -0.2) is 0 Å². The molecule has 0 aliphatic rings. The van der Waals surface area contributed by atoms with Crippen LogP contribution in [0.2, 0.25) is 0 Å². The van der Waals surface area contributed by atoms with Gasteiger partial charge in [-0.2, -0.15) is 0 Å². The summed E-state index contributed by atoms with van der Waals surface area (Å²) in [6.45, 7) is 6.38. The van der Waals surface area contributed by atoms with E-state index in [2.05, 4.69) is 143 Å². The highest BCUT2D eigenvalue weighted by Crippen LogP contribution is 2.41. The number of thiophene rings is 3. The predicted molar refractivity (Wildman–Crippen MR) is 199 cm³/mol. The van der Waals surface area contributed by atoms with Gasteiger partial charge in [-0.1, -0.05) is 60.7 Å². The van der Waals surface area contributed by atoms with Crippen LogP contribution in [0.15, 0.2) is 120 Å². The summed E-state index contributed by atoms with van der Waals surface area (Å²) < 4.78 is 4.95. The second-order valence-electron chi connectivity index (χ2n) is 11.5. The summed E-state index contributed by atoms with van der Waals surface area (Å²) in [6, 6.07) is 41.1. The van der Waals surface area contributed by atoms with Crippen LogP contribution in [0.5, 0.6) is 0 Å². The van der Waals surface area contributed by atoms with Crippen LogP contribution in [0.25, 0.3) is 85.4 Å². The molecule has 0 aliphatic carbocycles. The van der Waals surface area contributed by atoms with E-state index in [4.69, 9.17) is 0 Å². The predicted octanol–water partition coefficient (Wildman–Crippen LogP) is 12.8. The van der Waals surface area contributed by atoms with Crippen molar-refractivity contribution in [1.29, 1.82) is 0 Å². The summed E-state index contributed by atoms with van der Waals surface area (Å²) in [7, 11) is 0. The maximum Gasteiger partial charge on any atom is 0.0497 e. The summed E-state index contributed by atoms with van der Waals surface area (Å²) >= 11 is 5.48. The van der Waals surface area contributed by atoms with Gasteiger partial charge in [0.2, 0.25) is 0 Å². The van der Waals surface area contributed by atoms with Crippen LogP contribution < -0.4 is 0 Å². The minimum atomic E-state index is 0.938. The van der Waals surface area contributed by atoms with Gasteiger partial charge in [0.25, 0.3) is 0 Å². The number of nitrogens with zero attached hydrogens (tertiary/aromatic N) is 2. The third-order valence-corrected chi connectivity index (χ3v) is 12.2. The van der Waals surface area contributed by atoms with Crippen LogP contribution >= 0.6 is 34.0 Å². The number of hydrogen-bond donors (Lipinski definition) is 0. The van der Waals surface area contributed by atoms with Crippen LogP contribution in [-0.4, -0.2) is 9.13 Å². The van der Waals surface area contributed by atoms with E-state index in [1.165, 1.54) is 85.4 Å². The number of aryl methyl sites for hydroxylation is 2. The van der Waals surface area contributed by atoms with Crippen LogP contribution in [0, 0.1) is 0 Å². The van der Waals surface area contributed by atoms with Crippen molar-refractivity contribution in [1.82, 2.24) is 9.13 Å². The number of benzene rings is 4. The lowest BCUT2D eigenvalue weighted by molar-refractivity contribution is 0.827. The van der Waals surface area contributed by atoms with Gasteiger partial charge in [-0.05, 0) is 95.4 Å². The Morgan fingerprint density at radius 3 is 1.09 bits per heavy atom. The molecule has 0 saturated heterocycles. The molecule has 0 radical (unpaired) electrons. The van der Waals surface area contributed by atoms with Crippen molar-refractivity contribution in [3.63, 3.8) is 0 Å². The van der Waals surface area contributed by atoms with E-state index in [1.54, 1.807) is 22.7 Å². The Balaban J connectivity index is 1.11. The maximum atomic E-state index is 2.47. The standard InChI is InChI=1S/C40H30N2S3/c1-3-41-33-21-25(37-7-5-19-43-37)9-13-29(33)31-15-11-27(23-35(31)41)39-17-18-40(45-39)28-12-16-32-30-14-10-26(38-8-6-20-44-38)22-34(30)42(4-2)36(32)24-28/h5-24H,3-4H2,1-2H3. The molecule has 0 bridgehead atoms. The molecule has 45 heavy (non-hydrogen) atoms. The van der Waals surface area contributed by atoms with Gasteiger partial charge < -0.3 is 9.13 Å². The fraction of sp³-hybridized carbons (Fsp3) is 0.100. The van der Waals surface area contributed by atoms with Crippen molar-refractivity contribution in [2.75, 3.05) is 0 Å². The van der Waals surface area contributed by atoms with Gasteiger partial charge in [-0.3, -0.25) is 0 Å². The second kappa shape index (κ2) is 10.6. The normalized spacial score (nSPS) is 12.0. The summed E-state index contributed by atoms with van der Waals surface area (Å²) in [4.78, 5) is 5.24. The Kier molecular flexibility index (Phi) is 6.34. The highest BCUT2D eigenvalue weighted by Gasteiger charge is 2.16. The lowest BCUT2D eigenvalue weighted by Crippen LogP contribution is -1.93. The van der Waals surface area contributed by atoms with Gasteiger partial charge in [0.05, 0.1) is 0 Å². The molecule has 0 aliphatic heterocycles. The second-order valence-corrected chi connectivity index (χ2v) is 14.5. The molecule has 0 spiro atoms. The smallest absolute Gasteiger partial charge is 0.0497 e. The average molecular weight is 635 g/mol. The summed E-state index contributed by atoms with van der Waals surface area (Å²) in [5.74, 6) is 0. The number of fused-ring (bicyclic) bond motifs is 6. The first-order chi connectivity index (χ1) is 22.2. The molecule has 0 fully saturated rings. The maximum absolute atomic E-state index is 2.47. The summed E-state index contributed by atoms with van der Waals surface area (Å²) in [5.41, 5.74) is 10.4. The van der Waals surface area contributed by atoms with Crippen molar-refractivity contribution in [2.24, 2.45) is 0 Å². The zero-order valence-corrected chi connectivity index (χ0v) is 27.5. The molecule has 218 valence electrons. The molecule has 0 N–H and O–H groups in total. The van der Waals surface area contributed by atoms with Crippen molar-refractivity contribution < 1.29 is 0 Å². The van der Waals surface area contributed by atoms with E-state index in [0.29, 0.717) is 0 Å². The molecular weight excluding hydrogens is 605 g/mol. The molecule has 4 aromatic carbocycles. The van der Waals surface area contributed by atoms with Gasteiger partial charge in [-0.15, -0.1) is 34.0 Å². The molecule has 0 atom stereocenters. The molecular formula is C40H30N2S3. The van der Waals surface area contributed by atoms with Crippen LogP contribution in [-0.2, 0) is 13.1 Å². The Morgan fingerprint density at radius 2 is 0.778 bits per heavy atom. The first-order valence-corrected chi connectivity index (χ1v) is 18.1. The van der Waals surface area contributed by atoms with Gasteiger partial charge in [0.1, 0.15) is 0 Å². The summed E-state index contributed by atoms with van der Waals surface area (Å²) in [6.07, 6.45) is 0. The van der Waals surface area contributed by atoms with Gasteiger partial charge >= 0.3 is 0 Å². The highest BCUT2D eigenvalue weighted by molar-refractivity contribution is 7.18. The monoisotopic (exact) mass is 634 g/mol. The lowest BCUT2D eigenvalue weighted by atomic mass is 10.1. The molecule has 0 unspecified atom stereocenters. The van der Waals surface area contributed by atoms with E-state index >= 15 is 0 Å². The Morgan fingerprint density at radius 1 is 0.422 bits per heavy atom. The molecule has 5 heterocycles. The third kappa shape index (κ3) is 4.26. The Hall–Kier alpha value is -4.42. The largest absolute Gasteiger partial charge is 0.341 e. The molecule has 2 nitrogen and oxygen atoms in total. The number of rotatable bonds is 6. The topological polar surface area (TPSA) is 9.86 Å². The first kappa shape index (κ1) is 26.9. The van der Waals surface area contributed by atoms with E-state index < -0.39 is 0 Å². The quantitative estimate of drug-likeness (QED) is 0.172. The summed E-state index contributed by atoms with van der Waals surface area (Å²) in [5, 5.41) is 9.61. The molecule has 5 heteroatoms. The zero-order chi connectivity index (χ0) is 30.1. The number of hydrogen-bond acceptors (Lipinski definition) is 3. The molecule has 9 rings (SSSR count). The van der Waals surface area contributed by atoms with Crippen molar-refractivity contribution in [3.05, 3.63) is 120 Å². The molecule has 9 aromatic rings. The fourth-order valence-corrected chi connectivity index (χ4v) is 9.47. The highest BCUT2D eigenvalue weighted by atomic mass is 32.1. The minimum Gasteiger partial charge on any atom is -0.341 e. The minimum absolute atomic E-state index is 0.938. The van der Waals surface area contributed by atoms with Crippen LogP contribution in [0.1, 0.15) is 13.8 Å². The fourth-order valence-electron chi connectivity index (χ4n) is 7.02. The van der Waals surface area contributed by atoms with E-state index in [0.717, 1.165) is 13.1 Å². The van der Waals surface area contributed by atoms with Crippen molar-refractivity contribution >= 4 is 77.6 Å². The molecule has 0 saturated carbocycles. The third-order valence-electron chi connectivity index (χ3n) is 9.15. The van der Waals surface area contributed by atoms with Crippen molar-refractivity contribution in [3.8, 4) is 41.8 Å². The molecule has 0 amide bonds. The zero-order valence-electron chi connectivity index (χ0n) is 25.1. The van der Waals surface area contributed by atoms with E-state index in [1.807, 2.05) is 11.3 Å². The van der Waals surface area contributed by atoms with Crippen LogP contribution in [0.3, 0.4) is 0 Å². The Bertz CT molecular complexity index is 2330. The lowest BCUT2D eigenvalue weighted by Gasteiger charge is -2.06. The number of aromatic nitrogens is 2. The first-order valence-electron chi connectivity index (χ1n) is 15.5. The van der Waals surface area contributed by atoms with Gasteiger partial charge in [0, 0.05) is 76.2 Å². The average Bonchev–Trinajstić information content (AvgIpc) is 3.93. The van der Waals surface area contributed by atoms with Crippen molar-refractivity contribution in [2.45, 2.75) is 26.9 Å². The van der Waals surface area contributed by atoms with E-state index in [9.17, 15) is 0 Å². The Labute approximate surface area is 274 Å². The van der Waals surface area contributed by atoms with E-state index in [-0.39, 0.29) is 0 Å². The molecule has 5 aromatic heterocycles. The van der Waals surface area contributed by atoms with Gasteiger partial charge in [0.15, 0.2) is 0 Å².